The maximum absolute atomic E-state index is 7.24. The van der Waals surface area contributed by atoms with Crippen LogP contribution in [0.3, 0.4) is 0 Å². The summed E-state index contributed by atoms with van der Waals surface area (Å²) in [5, 5.41) is 2.25. The SMILES string of the molecule is CC(C)(C)c1cc(-c2ccccc2)cc(-[n+]2[c-]n(-c3[c-]c(Oc4[c-]c5c(c(C(C)(C)c6ccccc6)c4)c4ccccc4n5-c4cc(C(C)(C)C)ccn4)cc(-c4ccccc4)c3)cc2C(C)(C)c2ccccc2)c1.[Pt]. The first-order chi connectivity index (χ1) is 35.9. The predicted octanol–water partition coefficient (Wildman–Crippen LogP) is 17.0. The van der Waals surface area contributed by atoms with E-state index < -0.39 is 10.8 Å². The Bertz CT molecular complexity index is 3860. The molecule has 6 heteroatoms. The van der Waals surface area contributed by atoms with Crippen LogP contribution in [0.4, 0.5) is 0 Å². The second kappa shape index (κ2) is 20.2. The number of ether oxygens (including phenoxy) is 1. The average molecular weight is 1170 g/mol. The van der Waals surface area contributed by atoms with E-state index in [4.69, 9.17) is 9.72 Å². The van der Waals surface area contributed by atoms with Gasteiger partial charge in [-0.25, -0.2) is 4.98 Å². The van der Waals surface area contributed by atoms with Gasteiger partial charge in [-0.2, -0.15) is 6.07 Å². The molecule has 0 saturated carbocycles. The zero-order valence-electron chi connectivity index (χ0n) is 45.1. The van der Waals surface area contributed by atoms with E-state index in [0.29, 0.717) is 11.5 Å². The summed E-state index contributed by atoms with van der Waals surface area (Å²) in [6, 6.07) is 76.7. The Morgan fingerprint density at radius 2 is 1.04 bits per heavy atom. The first-order valence-corrected chi connectivity index (χ1v) is 26.1. The minimum Gasteiger partial charge on any atom is -0.510 e. The van der Waals surface area contributed by atoms with Crippen LogP contribution in [0, 0.1) is 18.5 Å². The van der Waals surface area contributed by atoms with Crippen LogP contribution < -0.4 is 9.30 Å². The van der Waals surface area contributed by atoms with E-state index in [2.05, 4.69) is 302 Å². The molecule has 0 aliphatic heterocycles. The third-order valence-electron chi connectivity index (χ3n) is 15.1. The number of rotatable bonds is 11. The van der Waals surface area contributed by atoms with Crippen LogP contribution in [0.25, 0.3) is 61.3 Å². The second-order valence-corrected chi connectivity index (χ2v) is 23.0. The molecule has 8 aromatic carbocycles. The van der Waals surface area contributed by atoms with E-state index in [1.165, 1.54) is 27.8 Å². The van der Waals surface area contributed by atoms with Gasteiger partial charge >= 0.3 is 0 Å². The van der Waals surface area contributed by atoms with Crippen LogP contribution in [-0.2, 0) is 42.7 Å². The molecule has 382 valence electrons. The van der Waals surface area contributed by atoms with Crippen molar-refractivity contribution in [3.63, 3.8) is 0 Å². The van der Waals surface area contributed by atoms with Gasteiger partial charge in [0.25, 0.3) is 6.33 Å². The molecule has 11 rings (SSSR count). The van der Waals surface area contributed by atoms with Crippen molar-refractivity contribution in [3.8, 4) is 50.9 Å². The fourth-order valence-corrected chi connectivity index (χ4v) is 10.5. The molecular formula is C70H64N4OPt-2. The Labute approximate surface area is 463 Å². The van der Waals surface area contributed by atoms with Crippen molar-refractivity contribution in [2.45, 2.75) is 90.9 Å². The Kier molecular flexibility index (Phi) is 13.8. The fraction of sp³-hybridized carbons (Fsp3) is 0.200. The maximum Gasteiger partial charge on any atom is 0.267 e. The third-order valence-corrected chi connectivity index (χ3v) is 15.1. The fourth-order valence-electron chi connectivity index (χ4n) is 10.5. The number of imidazole rings is 1. The normalized spacial score (nSPS) is 12.2. The number of nitrogens with zero attached hydrogens (tertiary/aromatic N) is 4. The van der Waals surface area contributed by atoms with Gasteiger partial charge < -0.3 is 13.9 Å². The van der Waals surface area contributed by atoms with E-state index >= 15 is 0 Å². The third kappa shape index (κ3) is 9.90. The zero-order chi connectivity index (χ0) is 52.3. The summed E-state index contributed by atoms with van der Waals surface area (Å²) in [5.41, 5.74) is 14.1. The molecule has 0 saturated heterocycles. The maximum atomic E-state index is 7.24. The van der Waals surface area contributed by atoms with Crippen LogP contribution in [0.2, 0.25) is 0 Å². The van der Waals surface area contributed by atoms with Crippen molar-refractivity contribution in [2.24, 2.45) is 0 Å². The monoisotopic (exact) mass is 1170 g/mol. The van der Waals surface area contributed by atoms with Crippen molar-refractivity contribution in [3.05, 3.63) is 258 Å². The molecule has 0 spiro atoms. The van der Waals surface area contributed by atoms with Gasteiger partial charge in [0.05, 0.1) is 11.4 Å². The topological polar surface area (TPSA) is 35.9 Å². The van der Waals surface area contributed by atoms with Crippen LogP contribution in [0.5, 0.6) is 11.5 Å². The molecule has 0 aliphatic carbocycles. The molecule has 5 nitrogen and oxygen atoms in total. The van der Waals surface area contributed by atoms with Gasteiger partial charge in [0.15, 0.2) is 0 Å². The second-order valence-electron chi connectivity index (χ2n) is 23.0. The van der Waals surface area contributed by atoms with Crippen molar-refractivity contribution in [2.75, 3.05) is 0 Å². The van der Waals surface area contributed by atoms with Crippen molar-refractivity contribution >= 4 is 21.8 Å². The number of fused-ring (bicyclic) bond motifs is 3. The van der Waals surface area contributed by atoms with Crippen LogP contribution in [0.15, 0.2) is 207 Å². The molecule has 0 N–H and O–H groups in total. The van der Waals surface area contributed by atoms with Crippen LogP contribution >= 0.6 is 0 Å². The molecule has 0 radical (unpaired) electrons. The van der Waals surface area contributed by atoms with Gasteiger partial charge in [-0.05, 0) is 96.6 Å². The van der Waals surface area contributed by atoms with Gasteiger partial charge in [0.1, 0.15) is 5.82 Å². The number of hydrogen-bond acceptors (Lipinski definition) is 2. The Morgan fingerprint density at radius 1 is 0.487 bits per heavy atom. The summed E-state index contributed by atoms with van der Waals surface area (Å²) in [6.45, 7) is 22.8. The van der Waals surface area contributed by atoms with Gasteiger partial charge in [0, 0.05) is 55.9 Å². The number of aromatic nitrogens is 4. The molecule has 76 heavy (non-hydrogen) atoms. The molecule has 3 heterocycles. The minimum absolute atomic E-state index is 0. The summed E-state index contributed by atoms with van der Waals surface area (Å²) >= 11 is 0. The first-order valence-electron chi connectivity index (χ1n) is 26.1. The first kappa shape index (κ1) is 51.9. The number of hydrogen-bond donors (Lipinski definition) is 0. The summed E-state index contributed by atoms with van der Waals surface area (Å²) in [7, 11) is 0. The van der Waals surface area contributed by atoms with Gasteiger partial charge in [0.2, 0.25) is 0 Å². The standard InChI is InChI=1S/C70H64N4O.Pt/c1-67(2,3)54-35-36-71-65(42-54)74-62-34-24-23-33-60(62)66-61(69(7,8)52-29-19-13-20-30-52)44-59(45-63(66)74)75-58-40-51(49-27-17-12-18-28-49)38-56(43-58)72-46-64(70(9,10)53-31-21-14-22-32-53)73(47-72)57-39-50(48-25-15-11-16-26-48)37-55(41-57)68(4,5)6;/h11-42,44,46H,1-10H3;/q-2;. The summed E-state index contributed by atoms with van der Waals surface area (Å²) in [4.78, 5) is 5.04. The van der Waals surface area contributed by atoms with E-state index in [-0.39, 0.29) is 31.9 Å². The Morgan fingerprint density at radius 3 is 1.66 bits per heavy atom. The molecule has 0 aliphatic rings. The van der Waals surface area contributed by atoms with Crippen molar-refractivity contribution in [1.82, 2.24) is 14.1 Å². The Hall–Kier alpha value is -7.59. The van der Waals surface area contributed by atoms with E-state index in [0.717, 1.165) is 66.9 Å². The van der Waals surface area contributed by atoms with Crippen LogP contribution in [0.1, 0.15) is 103 Å². The molecule has 0 unspecified atom stereocenters. The summed E-state index contributed by atoms with van der Waals surface area (Å²) in [6.07, 6.45) is 8.02. The van der Waals surface area contributed by atoms with Gasteiger partial charge in [-0.15, -0.1) is 35.4 Å². The average Bonchev–Trinajstić information content (AvgIpc) is 4.14. The molecule has 11 aromatic rings. The molecule has 3 aromatic heterocycles. The number of pyridine rings is 1. The van der Waals surface area contributed by atoms with Gasteiger partial charge in [-0.1, -0.05) is 226 Å². The van der Waals surface area contributed by atoms with E-state index in [1.54, 1.807) is 0 Å². The Balaban J connectivity index is 0.00000657. The largest absolute Gasteiger partial charge is 0.510 e. The zero-order valence-corrected chi connectivity index (χ0v) is 47.4. The van der Waals surface area contributed by atoms with E-state index in [9.17, 15) is 0 Å². The number of benzene rings is 8. The molecule has 0 amide bonds. The molecule has 0 atom stereocenters. The minimum atomic E-state index is -0.441. The van der Waals surface area contributed by atoms with Crippen molar-refractivity contribution in [1.29, 1.82) is 0 Å². The quantitative estimate of drug-likeness (QED) is 0.0956. The molecular weight excluding hydrogens is 1110 g/mol. The van der Waals surface area contributed by atoms with E-state index in [1.807, 2.05) is 6.20 Å². The van der Waals surface area contributed by atoms with Crippen LogP contribution in [-0.4, -0.2) is 14.1 Å². The summed E-state index contributed by atoms with van der Waals surface area (Å²) < 4.78 is 13.8. The smallest absolute Gasteiger partial charge is 0.267 e. The molecule has 0 fully saturated rings. The van der Waals surface area contributed by atoms with Crippen molar-refractivity contribution < 1.29 is 30.4 Å². The molecule has 0 bridgehead atoms. The predicted molar refractivity (Wildman–Crippen MR) is 308 cm³/mol. The van der Waals surface area contributed by atoms with Gasteiger partial charge in [-0.3, -0.25) is 4.57 Å². The number of para-hydroxylation sites is 1. The summed E-state index contributed by atoms with van der Waals surface area (Å²) in [5.74, 6) is 1.97.